The Bertz CT molecular complexity index is 851. The summed E-state index contributed by atoms with van der Waals surface area (Å²) >= 11 is 1.81. The van der Waals surface area contributed by atoms with Crippen LogP contribution in [0.15, 0.2) is 27.9 Å². The molecule has 0 radical (unpaired) electrons. The fourth-order valence-corrected chi connectivity index (χ4v) is 4.24. The molecule has 1 N–H and O–H groups in total. The Kier molecular flexibility index (Phi) is 3.83. The van der Waals surface area contributed by atoms with Crippen molar-refractivity contribution >= 4 is 33.6 Å². The predicted octanol–water partition coefficient (Wildman–Crippen LogP) is 4.17. The van der Waals surface area contributed by atoms with Crippen LogP contribution < -0.4 is 5.43 Å². The number of anilines is 1. The standard InChI is InChI=1S/C17H18N4OS/c1-2-14-19-16(21-18-10-11-6-5-9-22-11)15-12-7-3-4-8-13(12)23-17(15)20-14/h5-6,9-10H,2-4,7-8H2,1H3,(H,19,20,21)/b18-10-. The van der Waals surface area contributed by atoms with Gasteiger partial charge in [0.05, 0.1) is 17.9 Å². The third kappa shape index (κ3) is 2.74. The minimum absolute atomic E-state index is 0.714. The monoisotopic (exact) mass is 326 g/mol. The summed E-state index contributed by atoms with van der Waals surface area (Å²) in [4.78, 5) is 11.9. The molecule has 0 saturated carbocycles. The summed E-state index contributed by atoms with van der Waals surface area (Å²) in [6.07, 6.45) is 8.90. The zero-order valence-electron chi connectivity index (χ0n) is 13.0. The molecule has 0 bridgehead atoms. The zero-order valence-corrected chi connectivity index (χ0v) is 13.8. The normalized spacial score (nSPS) is 14.5. The summed E-state index contributed by atoms with van der Waals surface area (Å²) in [5, 5.41) is 5.44. The lowest BCUT2D eigenvalue weighted by atomic mass is 9.97. The molecule has 0 aromatic carbocycles. The van der Waals surface area contributed by atoms with Crippen LogP contribution in [0.4, 0.5) is 5.82 Å². The van der Waals surface area contributed by atoms with Gasteiger partial charge in [0.15, 0.2) is 5.82 Å². The number of aryl methyl sites for hydroxylation is 3. The Morgan fingerprint density at radius 1 is 1.35 bits per heavy atom. The largest absolute Gasteiger partial charge is 0.463 e. The van der Waals surface area contributed by atoms with E-state index >= 15 is 0 Å². The van der Waals surface area contributed by atoms with Gasteiger partial charge in [0.25, 0.3) is 0 Å². The first-order chi connectivity index (χ1) is 11.3. The molecule has 118 valence electrons. The first-order valence-corrected chi connectivity index (χ1v) is 8.80. The Balaban J connectivity index is 1.75. The van der Waals surface area contributed by atoms with Gasteiger partial charge in [-0.05, 0) is 43.4 Å². The second kappa shape index (κ2) is 6.12. The number of hydrogen-bond acceptors (Lipinski definition) is 6. The molecule has 1 aliphatic rings. The number of hydrazone groups is 1. The third-order valence-corrected chi connectivity index (χ3v) is 5.27. The van der Waals surface area contributed by atoms with Gasteiger partial charge < -0.3 is 4.42 Å². The Labute approximate surface area is 138 Å². The minimum Gasteiger partial charge on any atom is -0.463 e. The van der Waals surface area contributed by atoms with Crippen molar-refractivity contribution in [1.82, 2.24) is 9.97 Å². The molecular weight excluding hydrogens is 308 g/mol. The van der Waals surface area contributed by atoms with Gasteiger partial charge in [0.1, 0.15) is 16.4 Å². The number of rotatable bonds is 4. The molecule has 0 atom stereocenters. The second-order valence-corrected chi connectivity index (χ2v) is 6.70. The average molecular weight is 326 g/mol. The molecule has 1 aliphatic carbocycles. The summed E-state index contributed by atoms with van der Waals surface area (Å²) in [5.41, 5.74) is 4.51. The molecule has 5 nitrogen and oxygen atoms in total. The van der Waals surface area contributed by atoms with Crippen molar-refractivity contribution in [1.29, 1.82) is 0 Å². The number of fused-ring (bicyclic) bond motifs is 3. The topological polar surface area (TPSA) is 63.3 Å². The van der Waals surface area contributed by atoms with Gasteiger partial charge in [-0.15, -0.1) is 11.3 Å². The van der Waals surface area contributed by atoms with Gasteiger partial charge in [-0.2, -0.15) is 5.10 Å². The molecule has 6 heteroatoms. The highest BCUT2D eigenvalue weighted by molar-refractivity contribution is 7.19. The maximum absolute atomic E-state index is 5.26. The van der Waals surface area contributed by atoms with Crippen LogP contribution in [0.25, 0.3) is 10.2 Å². The van der Waals surface area contributed by atoms with Crippen molar-refractivity contribution in [3.05, 3.63) is 40.4 Å². The summed E-state index contributed by atoms with van der Waals surface area (Å²) in [6.45, 7) is 2.07. The van der Waals surface area contributed by atoms with Crippen LogP contribution in [0, 0.1) is 0 Å². The number of thiophene rings is 1. The van der Waals surface area contributed by atoms with Gasteiger partial charge in [-0.25, -0.2) is 9.97 Å². The molecular formula is C17H18N4OS. The molecule has 0 spiro atoms. The number of furan rings is 1. The van der Waals surface area contributed by atoms with Gasteiger partial charge in [0.2, 0.25) is 0 Å². The fourth-order valence-electron chi connectivity index (χ4n) is 2.96. The Hall–Kier alpha value is -2.21. The first kappa shape index (κ1) is 14.4. The fraction of sp³-hybridized carbons (Fsp3) is 0.353. The van der Waals surface area contributed by atoms with Crippen molar-refractivity contribution in [3.8, 4) is 0 Å². The molecule has 0 fully saturated rings. The molecule has 0 unspecified atom stereocenters. The van der Waals surface area contributed by atoms with E-state index in [9.17, 15) is 0 Å². The van der Waals surface area contributed by atoms with Crippen molar-refractivity contribution in [2.45, 2.75) is 39.0 Å². The van der Waals surface area contributed by atoms with E-state index in [0.29, 0.717) is 5.76 Å². The van der Waals surface area contributed by atoms with Crippen molar-refractivity contribution in [2.24, 2.45) is 5.10 Å². The maximum atomic E-state index is 5.26. The summed E-state index contributed by atoms with van der Waals surface area (Å²) in [6, 6.07) is 3.71. The van der Waals surface area contributed by atoms with E-state index in [4.69, 9.17) is 9.40 Å². The van der Waals surface area contributed by atoms with Crippen LogP contribution >= 0.6 is 11.3 Å². The lowest BCUT2D eigenvalue weighted by Gasteiger charge is -2.11. The van der Waals surface area contributed by atoms with E-state index in [1.165, 1.54) is 23.3 Å². The second-order valence-electron chi connectivity index (χ2n) is 5.62. The van der Waals surface area contributed by atoms with Gasteiger partial charge in [0, 0.05) is 11.3 Å². The van der Waals surface area contributed by atoms with Crippen molar-refractivity contribution in [2.75, 3.05) is 5.43 Å². The highest BCUT2D eigenvalue weighted by Crippen LogP contribution is 2.38. The van der Waals surface area contributed by atoms with Crippen LogP contribution in [0.1, 0.15) is 41.8 Å². The van der Waals surface area contributed by atoms with Crippen LogP contribution in [0.5, 0.6) is 0 Å². The average Bonchev–Trinajstić information content (AvgIpc) is 3.21. The quantitative estimate of drug-likeness (QED) is 0.577. The third-order valence-electron chi connectivity index (χ3n) is 4.08. The Morgan fingerprint density at radius 3 is 3.09 bits per heavy atom. The molecule has 4 rings (SSSR count). The van der Waals surface area contributed by atoms with E-state index in [1.54, 1.807) is 12.5 Å². The lowest BCUT2D eigenvalue weighted by molar-refractivity contribution is 0.560. The molecule has 3 heterocycles. The van der Waals surface area contributed by atoms with Gasteiger partial charge in [-0.1, -0.05) is 6.92 Å². The Morgan fingerprint density at radius 2 is 2.26 bits per heavy atom. The van der Waals surface area contributed by atoms with E-state index in [0.717, 1.165) is 41.1 Å². The van der Waals surface area contributed by atoms with Crippen LogP contribution in [0.3, 0.4) is 0 Å². The highest BCUT2D eigenvalue weighted by Gasteiger charge is 2.20. The number of hydrogen-bond donors (Lipinski definition) is 1. The number of nitrogens with one attached hydrogen (secondary N) is 1. The summed E-state index contributed by atoms with van der Waals surface area (Å²) in [5.74, 6) is 2.38. The van der Waals surface area contributed by atoms with Crippen molar-refractivity contribution in [3.63, 3.8) is 0 Å². The summed E-state index contributed by atoms with van der Waals surface area (Å²) < 4.78 is 5.26. The molecule has 0 aliphatic heterocycles. The van der Waals surface area contributed by atoms with Crippen LogP contribution in [-0.4, -0.2) is 16.2 Å². The van der Waals surface area contributed by atoms with Gasteiger partial charge >= 0.3 is 0 Å². The van der Waals surface area contributed by atoms with E-state index in [1.807, 2.05) is 23.5 Å². The highest BCUT2D eigenvalue weighted by atomic mass is 32.1. The maximum Gasteiger partial charge on any atom is 0.159 e. The van der Waals surface area contributed by atoms with Gasteiger partial charge in [-0.3, -0.25) is 5.43 Å². The predicted molar refractivity (Wildman–Crippen MR) is 93.4 cm³/mol. The lowest BCUT2D eigenvalue weighted by Crippen LogP contribution is -2.03. The SMILES string of the molecule is CCc1nc(N/N=C\c2ccco2)c2c3c(sc2n1)CCCC3. The van der Waals surface area contributed by atoms with E-state index in [2.05, 4.69) is 22.4 Å². The molecule has 3 aromatic heterocycles. The minimum atomic E-state index is 0.714. The van der Waals surface area contributed by atoms with Crippen molar-refractivity contribution < 1.29 is 4.42 Å². The molecule has 0 amide bonds. The number of aromatic nitrogens is 2. The molecule has 0 saturated heterocycles. The first-order valence-electron chi connectivity index (χ1n) is 7.99. The summed E-state index contributed by atoms with van der Waals surface area (Å²) in [7, 11) is 0. The molecule has 3 aromatic rings. The smallest absolute Gasteiger partial charge is 0.159 e. The van der Waals surface area contributed by atoms with E-state index in [-0.39, 0.29) is 0 Å². The molecule has 23 heavy (non-hydrogen) atoms. The zero-order chi connectivity index (χ0) is 15.6. The van der Waals surface area contributed by atoms with Crippen LogP contribution in [0.2, 0.25) is 0 Å². The van der Waals surface area contributed by atoms with Crippen LogP contribution in [-0.2, 0) is 19.3 Å². The number of nitrogens with zero attached hydrogens (tertiary/aromatic N) is 3. The van der Waals surface area contributed by atoms with E-state index < -0.39 is 0 Å².